The first-order valence-corrected chi connectivity index (χ1v) is 11.5. The van der Waals surface area contributed by atoms with Crippen LogP contribution in [0.2, 0.25) is 0 Å². The van der Waals surface area contributed by atoms with E-state index < -0.39 is 28.2 Å². The summed E-state index contributed by atoms with van der Waals surface area (Å²) in [6.45, 7) is 4.78. The Balaban J connectivity index is 1.47. The Labute approximate surface area is 167 Å². The molecule has 154 valence electrons. The van der Waals surface area contributed by atoms with Gasteiger partial charge < -0.3 is 15.1 Å². The zero-order chi connectivity index (χ0) is 20.4. The number of fused-ring (bicyclic) bond motifs is 1. The van der Waals surface area contributed by atoms with Crippen LogP contribution in [0, 0.1) is 11.8 Å². The number of aliphatic hydroxyl groups is 1. The average molecular weight is 430 g/mol. The Morgan fingerprint density at radius 2 is 1.86 bits per heavy atom. The number of hydrogen-bond donors (Lipinski definition) is 2. The lowest BCUT2D eigenvalue weighted by Crippen LogP contribution is -2.63. The molecule has 0 aromatic carbocycles. The molecule has 2 N–H and O–H groups in total. The van der Waals surface area contributed by atoms with Crippen LogP contribution in [0.4, 0.5) is 0 Å². The van der Waals surface area contributed by atoms with Gasteiger partial charge in [-0.1, -0.05) is 19.1 Å². The first-order chi connectivity index (χ1) is 13.1. The van der Waals surface area contributed by atoms with Gasteiger partial charge in [0.25, 0.3) is 10.2 Å². The minimum Gasteiger partial charge on any atom is -0.477 e. The van der Waals surface area contributed by atoms with Crippen molar-refractivity contribution >= 4 is 33.8 Å². The fourth-order valence-electron chi connectivity index (χ4n) is 4.33. The lowest BCUT2D eigenvalue weighted by molar-refractivity contribution is -0.163. The van der Waals surface area contributed by atoms with Gasteiger partial charge >= 0.3 is 5.97 Å². The molecule has 9 nitrogen and oxygen atoms in total. The number of nitrogens with zero attached hydrogens (tertiary/aromatic N) is 3. The molecule has 4 heterocycles. The molecular weight excluding hydrogens is 406 g/mol. The van der Waals surface area contributed by atoms with Gasteiger partial charge in [0.1, 0.15) is 5.70 Å². The van der Waals surface area contributed by atoms with Gasteiger partial charge in [-0.3, -0.25) is 4.79 Å². The van der Waals surface area contributed by atoms with Crippen LogP contribution in [-0.4, -0.2) is 87.6 Å². The van der Waals surface area contributed by atoms with Crippen LogP contribution < -0.4 is 0 Å². The molecule has 0 aromatic heterocycles. The minimum atomic E-state index is -3.49. The predicted molar refractivity (Wildman–Crippen MR) is 102 cm³/mol. The molecule has 2 saturated heterocycles. The first kappa shape index (κ1) is 19.9. The zero-order valence-corrected chi connectivity index (χ0v) is 17.2. The van der Waals surface area contributed by atoms with Gasteiger partial charge in [-0.2, -0.15) is 17.0 Å². The monoisotopic (exact) mass is 429 g/mol. The molecular formula is C17H23N3O6S2. The van der Waals surface area contributed by atoms with Crippen LogP contribution in [0.15, 0.2) is 22.8 Å². The van der Waals surface area contributed by atoms with E-state index in [1.165, 1.54) is 25.3 Å². The second-order valence-electron chi connectivity index (χ2n) is 7.62. The van der Waals surface area contributed by atoms with Crippen molar-refractivity contribution < 1.29 is 28.2 Å². The number of hydrogen-bond acceptors (Lipinski definition) is 6. The van der Waals surface area contributed by atoms with Crippen LogP contribution in [0.5, 0.6) is 0 Å². The van der Waals surface area contributed by atoms with E-state index in [-0.39, 0.29) is 28.8 Å². The predicted octanol–water partition coefficient (Wildman–Crippen LogP) is -0.326. The van der Waals surface area contributed by atoms with Crippen molar-refractivity contribution in [1.82, 2.24) is 13.5 Å². The quantitative estimate of drug-likeness (QED) is 0.439. The fraction of sp³-hybridized carbons (Fsp3) is 0.647. The Morgan fingerprint density at radius 1 is 1.25 bits per heavy atom. The zero-order valence-electron chi connectivity index (χ0n) is 15.6. The molecule has 0 aliphatic carbocycles. The third-order valence-electron chi connectivity index (χ3n) is 5.86. The standard InChI is InChI=1S/C17H23N3O6S2/c1-9-13-12(10(2)21)16(22)20(13)14(17(23)24)15(9)27-11-7-19(8-11)28(25,26)18-5-3-4-6-18/h3-4,9-13,21H,5-8H2,1-2H3,(H,23,24)/t9-,10-,12-,13-/m1/s1. The summed E-state index contributed by atoms with van der Waals surface area (Å²) in [6.07, 6.45) is 2.79. The van der Waals surface area contributed by atoms with Crippen LogP contribution >= 0.6 is 11.8 Å². The van der Waals surface area contributed by atoms with Gasteiger partial charge in [0, 0.05) is 42.3 Å². The maximum atomic E-state index is 12.5. The lowest BCUT2D eigenvalue weighted by Gasteiger charge is -2.46. The van der Waals surface area contributed by atoms with E-state index in [2.05, 4.69) is 0 Å². The molecule has 4 aliphatic heterocycles. The van der Waals surface area contributed by atoms with Crippen LogP contribution in [0.1, 0.15) is 13.8 Å². The summed E-state index contributed by atoms with van der Waals surface area (Å²) < 4.78 is 27.8. The van der Waals surface area contributed by atoms with Gasteiger partial charge in [0.05, 0.1) is 18.1 Å². The molecule has 0 aromatic rings. The van der Waals surface area contributed by atoms with Crippen molar-refractivity contribution in [3.63, 3.8) is 0 Å². The molecule has 4 aliphatic rings. The number of aliphatic carboxylic acids is 1. The number of carboxylic acid groups (broad SMARTS) is 1. The minimum absolute atomic E-state index is 0.0190. The highest BCUT2D eigenvalue weighted by molar-refractivity contribution is 8.04. The SMILES string of the molecule is C[C@@H](O)[C@H]1C(=O)N2C(C(=O)O)=C(SC3CN(S(=O)(=O)N4CC=CC4)C3)[C@H](C)[C@H]12. The molecule has 0 radical (unpaired) electrons. The number of β-lactam (4-membered cyclic amide) rings is 1. The summed E-state index contributed by atoms with van der Waals surface area (Å²) >= 11 is 1.35. The Hall–Kier alpha value is -1.40. The first-order valence-electron chi connectivity index (χ1n) is 9.20. The second-order valence-corrected chi connectivity index (χ2v) is 10.9. The van der Waals surface area contributed by atoms with Crippen molar-refractivity contribution in [1.29, 1.82) is 0 Å². The molecule has 11 heteroatoms. The number of carboxylic acids is 1. The number of rotatable bonds is 6. The van der Waals surface area contributed by atoms with E-state index in [9.17, 15) is 28.2 Å². The smallest absolute Gasteiger partial charge is 0.353 e. The summed E-state index contributed by atoms with van der Waals surface area (Å²) in [7, 11) is -3.49. The maximum absolute atomic E-state index is 12.5. The normalized spacial score (nSPS) is 32.5. The van der Waals surface area contributed by atoms with Crippen LogP contribution in [0.3, 0.4) is 0 Å². The van der Waals surface area contributed by atoms with Crippen molar-refractivity contribution in [2.75, 3.05) is 26.2 Å². The van der Waals surface area contributed by atoms with Crippen molar-refractivity contribution in [2.24, 2.45) is 11.8 Å². The molecule has 0 bridgehead atoms. The molecule has 28 heavy (non-hydrogen) atoms. The molecule has 2 fully saturated rings. The van der Waals surface area contributed by atoms with Gasteiger partial charge in [-0.25, -0.2) is 4.79 Å². The van der Waals surface area contributed by atoms with Crippen LogP contribution in [-0.2, 0) is 19.8 Å². The maximum Gasteiger partial charge on any atom is 0.353 e. The Morgan fingerprint density at radius 3 is 2.39 bits per heavy atom. The molecule has 1 amide bonds. The number of carbonyl (C=O) groups excluding carboxylic acids is 1. The molecule has 4 atom stereocenters. The summed E-state index contributed by atoms with van der Waals surface area (Å²) in [4.78, 5) is 26.0. The molecule has 0 saturated carbocycles. The van der Waals surface area contributed by atoms with Crippen molar-refractivity contribution in [3.05, 3.63) is 22.8 Å². The van der Waals surface area contributed by atoms with E-state index in [0.717, 1.165) is 0 Å². The third kappa shape index (κ3) is 2.83. The summed E-state index contributed by atoms with van der Waals surface area (Å²) in [5, 5.41) is 19.5. The van der Waals surface area contributed by atoms with Crippen LogP contribution in [0.25, 0.3) is 0 Å². The van der Waals surface area contributed by atoms with Gasteiger partial charge in [-0.15, -0.1) is 11.8 Å². The molecule has 4 rings (SSSR count). The van der Waals surface area contributed by atoms with Gasteiger partial charge in [0.2, 0.25) is 5.91 Å². The number of thioether (sulfide) groups is 1. The lowest BCUT2D eigenvalue weighted by atomic mass is 9.79. The molecule has 0 spiro atoms. The topological polar surface area (TPSA) is 118 Å². The van der Waals surface area contributed by atoms with E-state index >= 15 is 0 Å². The van der Waals surface area contributed by atoms with E-state index in [1.807, 2.05) is 19.1 Å². The van der Waals surface area contributed by atoms with E-state index in [0.29, 0.717) is 31.1 Å². The third-order valence-corrected chi connectivity index (χ3v) is 9.21. The fourth-order valence-corrected chi connectivity index (χ4v) is 7.65. The largest absolute Gasteiger partial charge is 0.477 e. The average Bonchev–Trinajstić information content (AvgIpc) is 3.17. The Kier molecular flexibility index (Phi) is 4.86. The summed E-state index contributed by atoms with van der Waals surface area (Å²) in [6, 6.07) is -0.350. The summed E-state index contributed by atoms with van der Waals surface area (Å²) in [5.41, 5.74) is -0.0190. The van der Waals surface area contributed by atoms with Gasteiger partial charge in [-0.05, 0) is 6.92 Å². The number of amides is 1. The van der Waals surface area contributed by atoms with Crippen molar-refractivity contribution in [3.8, 4) is 0 Å². The van der Waals surface area contributed by atoms with E-state index in [1.54, 1.807) is 6.92 Å². The van der Waals surface area contributed by atoms with E-state index in [4.69, 9.17) is 0 Å². The Bertz CT molecular complexity index is 869. The van der Waals surface area contributed by atoms with Crippen molar-refractivity contribution in [2.45, 2.75) is 31.2 Å². The number of aliphatic hydroxyl groups excluding tert-OH is 1. The highest BCUT2D eigenvalue weighted by Gasteiger charge is 2.60. The summed E-state index contributed by atoms with van der Waals surface area (Å²) in [5.74, 6) is -2.33. The van der Waals surface area contributed by atoms with Gasteiger partial charge in [0.15, 0.2) is 0 Å². The highest BCUT2D eigenvalue weighted by Crippen LogP contribution is 2.52. The highest BCUT2D eigenvalue weighted by atomic mass is 32.2. The molecule has 0 unspecified atom stereocenters. The second kappa shape index (κ2) is 6.84. The number of carbonyl (C=O) groups is 2.